The summed E-state index contributed by atoms with van der Waals surface area (Å²) >= 11 is 0. The van der Waals surface area contributed by atoms with Gasteiger partial charge in [-0.1, -0.05) is 60.7 Å². The highest BCUT2D eigenvalue weighted by Crippen LogP contribution is 2.48. The molecule has 0 N–H and O–H groups in total. The van der Waals surface area contributed by atoms with Crippen molar-refractivity contribution in [3.05, 3.63) is 71.8 Å². The third kappa shape index (κ3) is 2.88. The molecule has 5 nitrogen and oxygen atoms in total. The van der Waals surface area contributed by atoms with Crippen molar-refractivity contribution in [2.24, 2.45) is 0 Å². The van der Waals surface area contributed by atoms with E-state index in [0.717, 1.165) is 11.1 Å². The molecule has 25 heavy (non-hydrogen) atoms. The number of hydrogen-bond donors (Lipinski definition) is 0. The van der Waals surface area contributed by atoms with Crippen LogP contribution in [0, 0.1) is 0 Å². The first-order valence-corrected chi connectivity index (χ1v) is 8.40. The Labute approximate surface area is 147 Å². The van der Waals surface area contributed by atoms with E-state index in [4.69, 9.17) is 23.7 Å². The summed E-state index contributed by atoms with van der Waals surface area (Å²) in [4.78, 5) is 0. The second kappa shape index (κ2) is 6.52. The largest absolute Gasteiger partial charge is 0.367 e. The van der Waals surface area contributed by atoms with Gasteiger partial charge in [-0.3, -0.25) is 0 Å². The molecule has 0 saturated carbocycles. The number of hydrogen-bond acceptors (Lipinski definition) is 5. The average molecular weight is 342 g/mol. The summed E-state index contributed by atoms with van der Waals surface area (Å²) in [6, 6.07) is 19.7. The summed E-state index contributed by atoms with van der Waals surface area (Å²) < 4.78 is 29.7. The predicted octanol–water partition coefficient (Wildman–Crippen LogP) is 2.80. The van der Waals surface area contributed by atoms with Crippen molar-refractivity contribution in [2.45, 2.75) is 23.8 Å². The topological polar surface area (TPSA) is 52.8 Å². The van der Waals surface area contributed by atoms with Crippen molar-refractivity contribution >= 4 is 0 Å². The second-order valence-electron chi connectivity index (χ2n) is 6.22. The van der Waals surface area contributed by atoms with Crippen LogP contribution >= 0.6 is 0 Å². The first kappa shape index (κ1) is 16.7. The fourth-order valence-electron chi connectivity index (χ4n) is 3.30. The monoisotopic (exact) mass is 342 g/mol. The Kier molecular flexibility index (Phi) is 4.35. The molecule has 2 heterocycles. The number of benzene rings is 2. The molecule has 4 atom stereocenters. The highest BCUT2D eigenvalue weighted by Gasteiger charge is 2.60. The molecule has 0 aliphatic carbocycles. The van der Waals surface area contributed by atoms with Crippen molar-refractivity contribution < 1.29 is 23.7 Å². The van der Waals surface area contributed by atoms with Gasteiger partial charge in [-0.2, -0.15) is 0 Å². The lowest BCUT2D eigenvalue weighted by Gasteiger charge is -2.41. The SMILES string of the molecule is COC(OC(OC)(c1ccccc1)C1CO1)(c1ccccc1)C1CO1. The second-order valence-corrected chi connectivity index (χ2v) is 6.22. The van der Waals surface area contributed by atoms with Gasteiger partial charge in [-0.05, 0) is 0 Å². The van der Waals surface area contributed by atoms with Gasteiger partial charge < -0.3 is 23.7 Å². The summed E-state index contributed by atoms with van der Waals surface area (Å²) in [6.45, 7) is 1.14. The fraction of sp³-hybridized carbons (Fsp3) is 0.400. The van der Waals surface area contributed by atoms with Gasteiger partial charge in [0.25, 0.3) is 0 Å². The zero-order chi connectivity index (χ0) is 17.3. The zero-order valence-corrected chi connectivity index (χ0v) is 14.4. The lowest BCUT2D eigenvalue weighted by Crippen LogP contribution is -2.50. The van der Waals surface area contributed by atoms with Gasteiger partial charge in [0.1, 0.15) is 12.2 Å². The first-order valence-electron chi connectivity index (χ1n) is 8.40. The van der Waals surface area contributed by atoms with Crippen LogP contribution in [0.2, 0.25) is 0 Å². The summed E-state index contributed by atoms with van der Waals surface area (Å²) in [6.07, 6.45) is -0.395. The van der Waals surface area contributed by atoms with Crippen LogP contribution in [0.4, 0.5) is 0 Å². The van der Waals surface area contributed by atoms with Crippen LogP contribution in [0.1, 0.15) is 11.1 Å². The van der Waals surface area contributed by atoms with Crippen molar-refractivity contribution in [3.63, 3.8) is 0 Å². The summed E-state index contributed by atoms with van der Waals surface area (Å²) in [5, 5.41) is 0. The summed E-state index contributed by atoms with van der Waals surface area (Å²) in [5.41, 5.74) is 1.77. The van der Waals surface area contributed by atoms with Crippen LogP contribution in [-0.2, 0) is 35.3 Å². The van der Waals surface area contributed by atoms with Crippen LogP contribution in [0.25, 0.3) is 0 Å². The van der Waals surface area contributed by atoms with Gasteiger partial charge in [0.05, 0.1) is 13.2 Å². The molecule has 2 aliphatic heterocycles. The van der Waals surface area contributed by atoms with E-state index in [1.807, 2.05) is 60.7 Å². The molecule has 0 amide bonds. The van der Waals surface area contributed by atoms with Gasteiger partial charge in [0, 0.05) is 25.3 Å². The van der Waals surface area contributed by atoms with Crippen molar-refractivity contribution in [1.82, 2.24) is 0 Å². The zero-order valence-electron chi connectivity index (χ0n) is 14.4. The maximum atomic E-state index is 6.65. The van der Waals surface area contributed by atoms with Crippen molar-refractivity contribution in [2.75, 3.05) is 27.4 Å². The molecule has 2 aromatic rings. The Balaban J connectivity index is 1.79. The minimum absolute atomic E-state index is 0.197. The Morgan fingerprint density at radius 1 is 0.720 bits per heavy atom. The van der Waals surface area contributed by atoms with Crippen LogP contribution in [-0.4, -0.2) is 39.6 Å². The third-order valence-electron chi connectivity index (χ3n) is 4.78. The van der Waals surface area contributed by atoms with Gasteiger partial charge in [-0.25, -0.2) is 0 Å². The van der Waals surface area contributed by atoms with Crippen LogP contribution in [0.5, 0.6) is 0 Å². The molecule has 2 aromatic carbocycles. The number of rotatable bonds is 8. The fourth-order valence-corrected chi connectivity index (χ4v) is 3.30. The van der Waals surface area contributed by atoms with Gasteiger partial charge in [-0.15, -0.1) is 0 Å². The molecule has 4 unspecified atom stereocenters. The average Bonchev–Trinajstić information content (AvgIpc) is 3.58. The maximum Gasteiger partial charge on any atom is 0.227 e. The van der Waals surface area contributed by atoms with E-state index in [2.05, 4.69) is 0 Å². The van der Waals surface area contributed by atoms with E-state index >= 15 is 0 Å². The summed E-state index contributed by atoms with van der Waals surface area (Å²) in [7, 11) is 3.27. The van der Waals surface area contributed by atoms with Crippen LogP contribution in [0.3, 0.4) is 0 Å². The molecular formula is C20H22O5. The Hall–Kier alpha value is -1.76. The smallest absolute Gasteiger partial charge is 0.227 e. The third-order valence-corrected chi connectivity index (χ3v) is 4.78. The highest BCUT2D eigenvalue weighted by atomic mass is 16.8. The molecule has 2 saturated heterocycles. The van der Waals surface area contributed by atoms with Crippen molar-refractivity contribution in [1.29, 1.82) is 0 Å². The Morgan fingerprint density at radius 3 is 1.36 bits per heavy atom. The molecule has 0 bridgehead atoms. The molecule has 0 spiro atoms. The number of ether oxygens (including phenoxy) is 5. The van der Waals surface area contributed by atoms with E-state index in [9.17, 15) is 0 Å². The lowest BCUT2D eigenvalue weighted by atomic mass is 9.98. The molecule has 5 heteroatoms. The predicted molar refractivity (Wildman–Crippen MR) is 90.8 cm³/mol. The molecule has 4 rings (SSSR count). The van der Waals surface area contributed by atoms with Gasteiger partial charge in [0.15, 0.2) is 0 Å². The standard InChI is InChI=1S/C20H22O5/c1-21-19(17-13-23-17,15-9-5-3-6-10-15)25-20(22-2,18-14-24-18)16-11-7-4-8-12-16/h3-12,17-18H,13-14H2,1-2H3. The first-order chi connectivity index (χ1) is 12.2. The Bertz CT molecular complexity index is 637. The van der Waals surface area contributed by atoms with Crippen LogP contribution < -0.4 is 0 Å². The van der Waals surface area contributed by atoms with Gasteiger partial charge in [0.2, 0.25) is 11.6 Å². The molecule has 132 valence electrons. The maximum absolute atomic E-state index is 6.65. The van der Waals surface area contributed by atoms with E-state index in [1.165, 1.54) is 0 Å². The van der Waals surface area contributed by atoms with Gasteiger partial charge >= 0.3 is 0 Å². The summed E-state index contributed by atoms with van der Waals surface area (Å²) in [5.74, 6) is -2.14. The molecule has 0 radical (unpaired) electrons. The minimum Gasteiger partial charge on any atom is -0.367 e. The minimum atomic E-state index is -1.07. The molecule has 2 aliphatic rings. The highest BCUT2D eigenvalue weighted by molar-refractivity contribution is 5.27. The number of methoxy groups -OCH3 is 2. The normalized spacial score (nSPS) is 26.5. The van der Waals surface area contributed by atoms with E-state index < -0.39 is 11.6 Å². The molecular weight excluding hydrogens is 320 g/mol. The van der Waals surface area contributed by atoms with Crippen molar-refractivity contribution in [3.8, 4) is 0 Å². The molecule has 2 fully saturated rings. The van der Waals surface area contributed by atoms with E-state index in [-0.39, 0.29) is 12.2 Å². The van der Waals surface area contributed by atoms with Crippen LogP contribution in [0.15, 0.2) is 60.7 Å². The lowest BCUT2D eigenvalue weighted by molar-refractivity contribution is -0.374. The number of epoxide rings is 2. The Morgan fingerprint density at radius 2 is 1.08 bits per heavy atom. The van der Waals surface area contributed by atoms with E-state index in [0.29, 0.717) is 13.2 Å². The van der Waals surface area contributed by atoms with E-state index in [1.54, 1.807) is 14.2 Å². The molecule has 0 aromatic heterocycles. The quantitative estimate of drug-likeness (QED) is 0.545.